The quantitative estimate of drug-likeness (QED) is 0.267. The van der Waals surface area contributed by atoms with E-state index in [4.69, 9.17) is 18.3 Å². The molecule has 2 N–H and O–H groups in total. The van der Waals surface area contributed by atoms with E-state index in [1.54, 1.807) is 52.2 Å². The van der Waals surface area contributed by atoms with Gasteiger partial charge < -0.3 is 33.8 Å². The molecule has 12 heteroatoms. The molecule has 2 aromatic heterocycles. The monoisotopic (exact) mass is 561 g/mol. The highest BCUT2D eigenvalue weighted by Gasteiger charge is 2.20. The minimum atomic E-state index is -0.660. The zero-order chi connectivity index (χ0) is 29.6. The highest BCUT2D eigenvalue weighted by Crippen LogP contribution is 2.30. The van der Waals surface area contributed by atoms with Crippen LogP contribution >= 0.6 is 0 Å². The van der Waals surface area contributed by atoms with Crippen LogP contribution in [0.2, 0.25) is 0 Å². The van der Waals surface area contributed by atoms with E-state index >= 15 is 0 Å². The number of carbonyl (C=O) groups is 3. The van der Waals surface area contributed by atoms with Crippen molar-refractivity contribution in [1.29, 1.82) is 0 Å². The summed E-state index contributed by atoms with van der Waals surface area (Å²) in [5.41, 5.74) is 2.16. The van der Waals surface area contributed by atoms with E-state index < -0.39 is 17.7 Å². The molecule has 0 bridgehead atoms. The Kier molecular flexibility index (Phi) is 8.71. The molecule has 0 unspecified atom stereocenters. The first-order chi connectivity index (χ1) is 19.5. The lowest BCUT2D eigenvalue weighted by molar-refractivity contribution is -0.129. The fraction of sp³-hybridized carbons (Fsp3) is 0.276. The third kappa shape index (κ3) is 7.50. The maximum atomic E-state index is 12.6. The maximum absolute atomic E-state index is 12.6. The number of hydrogen-bond donors (Lipinski definition) is 2. The number of carbonyl (C=O) groups excluding carboxylic acids is 3. The number of ether oxygens (including phenoxy) is 2. The maximum Gasteiger partial charge on any atom is 0.408 e. The molecule has 0 saturated carbocycles. The number of amides is 2. The zero-order valence-corrected chi connectivity index (χ0v) is 23.4. The van der Waals surface area contributed by atoms with Crippen molar-refractivity contribution in [2.24, 2.45) is 0 Å². The van der Waals surface area contributed by atoms with Crippen LogP contribution < -0.4 is 10.6 Å². The lowest BCUT2D eigenvalue weighted by Crippen LogP contribution is -2.40. The van der Waals surface area contributed by atoms with Crippen molar-refractivity contribution in [3.05, 3.63) is 72.2 Å². The van der Waals surface area contributed by atoms with Gasteiger partial charge in [-0.1, -0.05) is 24.3 Å². The fourth-order valence-electron chi connectivity index (χ4n) is 3.86. The van der Waals surface area contributed by atoms with Gasteiger partial charge in [0.1, 0.15) is 18.4 Å². The number of methoxy groups -OCH3 is 1. The third-order valence-corrected chi connectivity index (χ3v) is 5.74. The van der Waals surface area contributed by atoms with Crippen molar-refractivity contribution in [2.45, 2.75) is 32.9 Å². The van der Waals surface area contributed by atoms with Crippen molar-refractivity contribution in [2.75, 3.05) is 26.0 Å². The van der Waals surface area contributed by atoms with Crippen LogP contribution in [-0.2, 0) is 20.8 Å². The molecule has 41 heavy (non-hydrogen) atoms. The Morgan fingerprint density at radius 2 is 1.83 bits per heavy atom. The minimum absolute atomic E-state index is 0.195. The molecule has 0 radical (unpaired) electrons. The first kappa shape index (κ1) is 28.9. The summed E-state index contributed by atoms with van der Waals surface area (Å²) in [6.07, 6.45) is 3.81. The Balaban J connectivity index is 1.46. The summed E-state index contributed by atoms with van der Waals surface area (Å²) in [5.74, 6) is -0.0829. The molecule has 2 heterocycles. The number of oxazole rings is 2. The molecule has 0 saturated heterocycles. The molecule has 2 amide bonds. The fourth-order valence-corrected chi connectivity index (χ4v) is 3.86. The summed E-state index contributed by atoms with van der Waals surface area (Å²) < 4.78 is 21.4. The van der Waals surface area contributed by atoms with E-state index in [1.165, 1.54) is 24.5 Å². The molecule has 4 rings (SSSR count). The number of hydrogen-bond acceptors (Lipinski definition) is 10. The molecular weight excluding hydrogens is 530 g/mol. The molecule has 0 fully saturated rings. The van der Waals surface area contributed by atoms with Gasteiger partial charge in [0.15, 0.2) is 5.76 Å². The third-order valence-electron chi connectivity index (χ3n) is 5.74. The average Bonchev–Trinajstić information content (AvgIpc) is 3.63. The standard InChI is InChI=1S/C29H31N5O7/c1-29(2,3)41-28(37)32-16-24(35)34(4)17-18-8-6-7-9-20(18)23-15-31-27(40-23)33-19-10-11-21(25-30-12-13-39-25)22(14-19)26(36)38-5/h6-15H,16-17H2,1-5H3,(H,31,33)(H,32,37). The van der Waals surface area contributed by atoms with Crippen LogP contribution in [0.1, 0.15) is 36.7 Å². The molecule has 2 aromatic carbocycles. The summed E-state index contributed by atoms with van der Waals surface area (Å²) in [7, 11) is 2.94. The Morgan fingerprint density at radius 1 is 1.05 bits per heavy atom. The molecule has 214 valence electrons. The number of nitrogens with zero attached hydrogens (tertiary/aromatic N) is 3. The Labute approximate surface area is 236 Å². The van der Waals surface area contributed by atoms with Gasteiger partial charge in [-0.05, 0) is 44.5 Å². The van der Waals surface area contributed by atoms with Gasteiger partial charge in [-0.25, -0.2) is 19.6 Å². The van der Waals surface area contributed by atoms with E-state index in [-0.39, 0.29) is 36.5 Å². The van der Waals surface area contributed by atoms with E-state index in [0.717, 1.165) is 11.1 Å². The van der Waals surface area contributed by atoms with Gasteiger partial charge in [0.05, 0.1) is 30.6 Å². The number of likely N-dealkylation sites (N-methyl/N-ethyl adjacent to an activating group) is 1. The highest BCUT2D eigenvalue weighted by molar-refractivity contribution is 5.97. The summed E-state index contributed by atoms with van der Waals surface area (Å²) in [5, 5.41) is 5.53. The zero-order valence-electron chi connectivity index (χ0n) is 23.4. The van der Waals surface area contributed by atoms with Crippen LogP contribution in [-0.4, -0.2) is 59.1 Å². The molecule has 12 nitrogen and oxygen atoms in total. The second-order valence-electron chi connectivity index (χ2n) is 10.0. The van der Waals surface area contributed by atoms with E-state index in [1.807, 2.05) is 24.3 Å². The Hall–Kier alpha value is -5.13. The van der Waals surface area contributed by atoms with Crippen LogP contribution in [0.3, 0.4) is 0 Å². The molecule has 0 spiro atoms. The van der Waals surface area contributed by atoms with Gasteiger partial charge in [-0.3, -0.25) is 4.79 Å². The summed E-state index contributed by atoms with van der Waals surface area (Å²) in [4.78, 5) is 46.9. The number of aromatic nitrogens is 2. The lowest BCUT2D eigenvalue weighted by atomic mass is 10.1. The van der Waals surface area contributed by atoms with Crippen LogP contribution in [0, 0.1) is 0 Å². The van der Waals surface area contributed by atoms with Gasteiger partial charge in [-0.15, -0.1) is 0 Å². The lowest BCUT2D eigenvalue weighted by Gasteiger charge is -2.21. The van der Waals surface area contributed by atoms with Crippen LogP contribution in [0.15, 0.2) is 70.0 Å². The highest BCUT2D eigenvalue weighted by atomic mass is 16.6. The first-order valence-electron chi connectivity index (χ1n) is 12.7. The van der Waals surface area contributed by atoms with Gasteiger partial charge >= 0.3 is 12.1 Å². The summed E-state index contributed by atoms with van der Waals surface area (Å²) in [6, 6.07) is 12.6. The van der Waals surface area contributed by atoms with Crippen molar-refractivity contribution in [3.63, 3.8) is 0 Å². The van der Waals surface area contributed by atoms with Crippen molar-refractivity contribution in [1.82, 2.24) is 20.2 Å². The number of alkyl carbamates (subject to hydrolysis) is 1. The van der Waals surface area contributed by atoms with Crippen LogP contribution in [0.5, 0.6) is 0 Å². The molecule has 0 atom stereocenters. The van der Waals surface area contributed by atoms with Gasteiger partial charge in [0.2, 0.25) is 11.8 Å². The van der Waals surface area contributed by atoms with E-state index in [2.05, 4.69) is 20.6 Å². The SMILES string of the molecule is COC(=O)c1cc(Nc2ncc(-c3ccccc3CN(C)C(=O)CNC(=O)OC(C)(C)C)o2)ccc1-c1ncco1. The van der Waals surface area contributed by atoms with Crippen LogP contribution in [0.25, 0.3) is 22.8 Å². The largest absolute Gasteiger partial charge is 0.465 e. The molecule has 4 aromatic rings. The van der Waals surface area contributed by atoms with Crippen molar-refractivity contribution >= 4 is 29.7 Å². The second-order valence-corrected chi connectivity index (χ2v) is 10.0. The second kappa shape index (κ2) is 12.4. The minimum Gasteiger partial charge on any atom is -0.465 e. The summed E-state index contributed by atoms with van der Waals surface area (Å²) >= 11 is 0. The van der Waals surface area contributed by atoms with Gasteiger partial charge in [0, 0.05) is 24.8 Å². The van der Waals surface area contributed by atoms with Gasteiger partial charge in [-0.2, -0.15) is 0 Å². The Morgan fingerprint density at radius 3 is 2.54 bits per heavy atom. The Bertz CT molecular complexity index is 1520. The molecular formula is C29H31N5O7. The predicted molar refractivity (Wildman–Crippen MR) is 149 cm³/mol. The normalized spacial score (nSPS) is 11.0. The van der Waals surface area contributed by atoms with E-state index in [9.17, 15) is 14.4 Å². The molecule has 0 aliphatic carbocycles. The van der Waals surface area contributed by atoms with Crippen molar-refractivity contribution in [3.8, 4) is 22.8 Å². The average molecular weight is 562 g/mol. The smallest absolute Gasteiger partial charge is 0.408 e. The predicted octanol–water partition coefficient (Wildman–Crippen LogP) is 5.01. The number of anilines is 2. The van der Waals surface area contributed by atoms with Crippen molar-refractivity contribution < 1.29 is 32.7 Å². The van der Waals surface area contributed by atoms with E-state index in [0.29, 0.717) is 17.0 Å². The topological polar surface area (TPSA) is 149 Å². The number of benzene rings is 2. The first-order valence-corrected chi connectivity index (χ1v) is 12.7. The molecule has 0 aliphatic rings. The number of nitrogens with one attached hydrogen (secondary N) is 2. The summed E-state index contributed by atoms with van der Waals surface area (Å²) in [6.45, 7) is 5.30. The van der Waals surface area contributed by atoms with Gasteiger partial charge in [0.25, 0.3) is 6.01 Å². The number of esters is 1. The van der Waals surface area contributed by atoms with Crippen LogP contribution in [0.4, 0.5) is 16.5 Å². The number of rotatable bonds is 9. The molecule has 0 aliphatic heterocycles.